The molecule has 44 heavy (non-hydrogen) atoms. The molecule has 4 atom stereocenters. The summed E-state index contributed by atoms with van der Waals surface area (Å²) in [6.07, 6.45) is 10.2. The highest BCUT2D eigenvalue weighted by atomic mass is 16.5. The largest absolute Gasteiger partial charge is 0.494 e. The van der Waals surface area contributed by atoms with E-state index in [1.54, 1.807) is 19.9 Å². The molecule has 7 N–H and O–H groups in total. The molecule has 2 aromatic rings. The first-order valence-corrected chi connectivity index (χ1v) is 16.1. The molecule has 10 heteroatoms. The third-order valence-corrected chi connectivity index (χ3v) is 7.15. The Labute approximate surface area is 265 Å². The lowest BCUT2D eigenvalue weighted by atomic mass is 9.86. The molecule has 248 valence electrons. The highest BCUT2D eigenvalue weighted by Crippen LogP contribution is 2.16. The van der Waals surface area contributed by atoms with Crippen molar-refractivity contribution in [1.82, 2.24) is 10.5 Å². The van der Waals surface area contributed by atoms with Gasteiger partial charge in [0.1, 0.15) is 11.5 Å². The zero-order valence-corrected chi connectivity index (χ0v) is 27.2. The fourth-order valence-corrected chi connectivity index (χ4v) is 4.34. The molecule has 0 aromatic heterocycles. The van der Waals surface area contributed by atoms with E-state index in [2.05, 4.69) is 24.4 Å². The Bertz CT molecular complexity index is 973. The van der Waals surface area contributed by atoms with Gasteiger partial charge in [0.05, 0.1) is 44.7 Å². The van der Waals surface area contributed by atoms with Gasteiger partial charge in [0, 0.05) is 6.04 Å². The topological polar surface area (TPSA) is 144 Å². The number of ether oxygens (including phenoxy) is 2. The van der Waals surface area contributed by atoms with Crippen LogP contribution in [0.2, 0.25) is 6.82 Å². The monoisotopic (exact) mass is 616 g/mol. The standard InChI is InChI=1S/C17H30BNO4.C17H27NO3/c1-3-4-5-12-23-15-9-6-14(7-10-15)8-11-17(21)16(13-20)19-18(2)22;1-3-4-5-12-21-15-9-6-14(7-10-15)8-11-17(20)16(13-19)18-2/h6-7,9-10,16-17,19-22H,3-5,8,11-13H2,1-2H3;6-11,16-20H,3-5,12-13H2,1-2H3/b;11-8+/t2*16-,17+/m11/s1. The molecule has 9 nitrogen and oxygen atoms in total. The molecule has 0 aliphatic carbocycles. The molecule has 0 amide bonds. The van der Waals surface area contributed by atoms with Crippen molar-refractivity contribution in [2.24, 2.45) is 0 Å². The van der Waals surface area contributed by atoms with E-state index in [4.69, 9.17) is 14.6 Å². The number of nitrogens with one attached hydrogen (secondary N) is 2. The van der Waals surface area contributed by atoms with Gasteiger partial charge in [0.15, 0.2) is 0 Å². The SMILES string of the molecule is CCCCCOc1ccc(/C=C/[C@H](O)[C@@H](CO)NC)cc1.CCCCCOc1ccc(CC[C@H](O)[C@@H](CO)NB(C)O)cc1. The first-order chi connectivity index (χ1) is 21.3. The minimum Gasteiger partial charge on any atom is -0.494 e. The van der Waals surface area contributed by atoms with Crippen molar-refractivity contribution in [2.45, 2.75) is 96.3 Å². The van der Waals surface area contributed by atoms with E-state index in [0.717, 1.165) is 48.7 Å². The molecule has 0 heterocycles. The van der Waals surface area contributed by atoms with Gasteiger partial charge in [-0.2, -0.15) is 0 Å². The minimum atomic E-state index is -0.758. The van der Waals surface area contributed by atoms with E-state index in [1.165, 1.54) is 25.7 Å². The number of likely N-dealkylation sites (N-methyl/N-ethyl adjacent to an activating group) is 1. The summed E-state index contributed by atoms with van der Waals surface area (Å²) in [6, 6.07) is 14.8. The second kappa shape index (κ2) is 24.8. The quantitative estimate of drug-likeness (QED) is 0.0776. The predicted octanol–water partition coefficient (Wildman–Crippen LogP) is 3.82. The van der Waals surface area contributed by atoms with Crippen LogP contribution in [0.5, 0.6) is 11.5 Å². The van der Waals surface area contributed by atoms with E-state index in [9.17, 15) is 20.3 Å². The molecule has 0 radical (unpaired) electrons. The molecule has 0 saturated heterocycles. The summed E-state index contributed by atoms with van der Waals surface area (Å²) in [5.41, 5.74) is 2.10. The first-order valence-electron chi connectivity index (χ1n) is 16.1. The number of unbranched alkanes of at least 4 members (excludes halogenated alkanes) is 4. The van der Waals surface area contributed by atoms with Crippen molar-refractivity contribution in [3.05, 3.63) is 65.7 Å². The number of aryl methyl sites for hydroxylation is 1. The maximum Gasteiger partial charge on any atom is 0.373 e. The highest BCUT2D eigenvalue weighted by molar-refractivity contribution is 6.45. The normalized spacial score (nSPS) is 13.9. The lowest BCUT2D eigenvalue weighted by Gasteiger charge is -2.22. The van der Waals surface area contributed by atoms with Crippen molar-refractivity contribution in [2.75, 3.05) is 33.5 Å². The minimum absolute atomic E-state index is 0.105. The zero-order valence-electron chi connectivity index (χ0n) is 27.2. The summed E-state index contributed by atoms with van der Waals surface area (Å²) in [6.45, 7) is 7.08. The van der Waals surface area contributed by atoms with E-state index >= 15 is 0 Å². The maximum absolute atomic E-state index is 10.1. The average Bonchev–Trinajstić information content (AvgIpc) is 3.03. The molecule has 0 aliphatic rings. The average molecular weight is 617 g/mol. The van der Waals surface area contributed by atoms with Gasteiger partial charge >= 0.3 is 7.05 Å². The second-order valence-electron chi connectivity index (χ2n) is 11.0. The third-order valence-electron chi connectivity index (χ3n) is 7.15. The van der Waals surface area contributed by atoms with Crippen molar-refractivity contribution >= 4 is 13.1 Å². The van der Waals surface area contributed by atoms with Crippen LogP contribution in [-0.4, -0.2) is 90.3 Å². The molecular formula is C34H57BN2O7. The van der Waals surface area contributed by atoms with Crippen LogP contribution >= 0.6 is 0 Å². The summed E-state index contributed by atoms with van der Waals surface area (Å²) in [7, 11) is 0.953. The lowest BCUT2D eigenvalue weighted by molar-refractivity contribution is 0.0919. The number of benzene rings is 2. The molecule has 0 spiro atoms. The van der Waals surface area contributed by atoms with Crippen LogP contribution in [0.4, 0.5) is 0 Å². The molecule has 0 unspecified atom stereocenters. The molecular weight excluding hydrogens is 559 g/mol. The van der Waals surface area contributed by atoms with Gasteiger partial charge in [-0.3, -0.25) is 0 Å². The molecule has 0 bridgehead atoms. The van der Waals surface area contributed by atoms with Gasteiger partial charge in [0.2, 0.25) is 0 Å². The van der Waals surface area contributed by atoms with Gasteiger partial charge in [-0.25, -0.2) is 0 Å². The molecule has 0 aliphatic heterocycles. The van der Waals surface area contributed by atoms with Crippen LogP contribution in [0.1, 0.15) is 69.9 Å². The number of hydrogen-bond donors (Lipinski definition) is 7. The van der Waals surface area contributed by atoms with Crippen LogP contribution in [0.3, 0.4) is 0 Å². The first kappa shape index (κ1) is 39.6. The summed E-state index contributed by atoms with van der Waals surface area (Å²) in [5.74, 6) is 1.74. The van der Waals surface area contributed by atoms with Crippen LogP contribution in [0, 0.1) is 0 Å². The van der Waals surface area contributed by atoms with Gasteiger partial charge in [-0.05, 0) is 74.9 Å². The van der Waals surface area contributed by atoms with Crippen molar-refractivity contribution in [3.63, 3.8) is 0 Å². The van der Waals surface area contributed by atoms with E-state index in [1.807, 2.05) is 54.6 Å². The highest BCUT2D eigenvalue weighted by Gasteiger charge is 2.20. The lowest BCUT2D eigenvalue weighted by Crippen LogP contribution is -2.49. The van der Waals surface area contributed by atoms with Gasteiger partial charge < -0.3 is 45.5 Å². The molecule has 0 saturated carbocycles. The number of rotatable bonds is 22. The number of aliphatic hydroxyl groups excluding tert-OH is 4. The van der Waals surface area contributed by atoms with Crippen molar-refractivity contribution < 1.29 is 34.9 Å². The van der Waals surface area contributed by atoms with Gasteiger partial charge in [0.25, 0.3) is 0 Å². The van der Waals surface area contributed by atoms with E-state index in [-0.39, 0.29) is 19.3 Å². The van der Waals surface area contributed by atoms with Crippen LogP contribution in [0.15, 0.2) is 54.6 Å². The Morgan fingerprint density at radius 3 is 1.77 bits per heavy atom. The van der Waals surface area contributed by atoms with Crippen LogP contribution in [-0.2, 0) is 6.42 Å². The number of aliphatic hydroxyl groups is 4. The fourth-order valence-electron chi connectivity index (χ4n) is 4.34. The van der Waals surface area contributed by atoms with Gasteiger partial charge in [-0.15, -0.1) is 0 Å². The Kier molecular flexibility index (Phi) is 22.3. The summed E-state index contributed by atoms with van der Waals surface area (Å²) < 4.78 is 11.3. The Morgan fingerprint density at radius 2 is 1.32 bits per heavy atom. The molecule has 2 rings (SSSR count). The fraction of sp³-hybridized carbons (Fsp3) is 0.588. The van der Waals surface area contributed by atoms with Crippen LogP contribution < -0.4 is 20.0 Å². The van der Waals surface area contributed by atoms with Crippen molar-refractivity contribution in [3.8, 4) is 11.5 Å². The Hall–Kier alpha value is -2.44. The maximum atomic E-state index is 10.1. The zero-order chi connectivity index (χ0) is 32.6. The molecule has 0 fully saturated rings. The summed E-state index contributed by atoms with van der Waals surface area (Å²) >= 11 is 0. The predicted molar refractivity (Wildman–Crippen MR) is 180 cm³/mol. The Morgan fingerprint density at radius 1 is 0.795 bits per heavy atom. The van der Waals surface area contributed by atoms with Crippen molar-refractivity contribution in [1.29, 1.82) is 0 Å². The Balaban J connectivity index is 0.000000442. The smallest absolute Gasteiger partial charge is 0.373 e. The summed E-state index contributed by atoms with van der Waals surface area (Å²) in [4.78, 5) is 0. The van der Waals surface area contributed by atoms with Crippen LogP contribution in [0.25, 0.3) is 6.08 Å². The van der Waals surface area contributed by atoms with Gasteiger partial charge in [-0.1, -0.05) is 75.9 Å². The van der Waals surface area contributed by atoms with E-state index in [0.29, 0.717) is 12.8 Å². The number of hydrogen-bond acceptors (Lipinski definition) is 9. The third kappa shape index (κ3) is 17.8. The summed E-state index contributed by atoms with van der Waals surface area (Å²) in [5, 5.41) is 53.1. The molecule has 2 aromatic carbocycles. The second-order valence-corrected chi connectivity index (χ2v) is 11.0. The van der Waals surface area contributed by atoms with E-state index < -0.39 is 25.3 Å².